The maximum atomic E-state index is 5.24. The largest absolute Gasteiger partial charge is 0.481 e. The first-order valence-corrected chi connectivity index (χ1v) is 25.3. The Morgan fingerprint density at radius 1 is 0.387 bits per heavy atom. The third kappa shape index (κ3) is 18.1. The Kier molecular flexibility index (Phi) is 26.2. The first kappa shape index (κ1) is 62.2. The van der Waals surface area contributed by atoms with Gasteiger partial charge < -0.3 is 28.4 Å². The summed E-state index contributed by atoms with van der Waals surface area (Å²) in [5.74, 6) is 6.03. The summed E-state index contributed by atoms with van der Waals surface area (Å²) >= 11 is 0. The highest BCUT2D eigenvalue weighted by Gasteiger charge is 2.30. The van der Waals surface area contributed by atoms with Crippen LogP contribution < -0.4 is 28.4 Å². The van der Waals surface area contributed by atoms with Gasteiger partial charge >= 0.3 is 0 Å². The van der Waals surface area contributed by atoms with Crippen molar-refractivity contribution in [3.05, 3.63) is 143 Å². The molecule has 75 heavy (non-hydrogen) atoms. The number of pyridine rings is 6. The number of hydrogen-bond donors (Lipinski definition) is 0. The zero-order valence-electron chi connectivity index (χ0n) is 45.3. The van der Waals surface area contributed by atoms with Crippen molar-refractivity contribution in [2.24, 2.45) is 17.8 Å². The predicted molar refractivity (Wildman–Crippen MR) is 311 cm³/mol. The van der Waals surface area contributed by atoms with Gasteiger partial charge in [-0.15, -0.1) is 0 Å². The van der Waals surface area contributed by atoms with Crippen molar-refractivity contribution in [3.63, 3.8) is 0 Å². The number of methoxy groups -OCH3 is 6. The SMILES string of the molecule is COc1ccc(C[C@H]2CCN(C(C)c3cccc(OC)n3)C2)cn1.COc1ccc(C[C@H]2CCN([C@@H](C)c3cccc(OC)n3)C2)cn1.COc1ccc(C[C@H]2CCN([C@H](C)c3cccc(OC)n3)C2)cn1.S.S.S. The minimum Gasteiger partial charge on any atom is -0.481 e. The number of likely N-dealkylation sites (tertiary alicyclic amines) is 3. The summed E-state index contributed by atoms with van der Waals surface area (Å²) in [5, 5.41) is 0. The van der Waals surface area contributed by atoms with Crippen molar-refractivity contribution in [2.75, 3.05) is 81.9 Å². The molecule has 0 spiro atoms. The van der Waals surface area contributed by atoms with E-state index in [9.17, 15) is 0 Å². The number of aromatic nitrogens is 6. The van der Waals surface area contributed by atoms with Crippen molar-refractivity contribution < 1.29 is 28.4 Å². The van der Waals surface area contributed by atoms with Crippen LogP contribution in [-0.2, 0) is 19.3 Å². The summed E-state index contributed by atoms with van der Waals surface area (Å²) in [6.07, 6.45) is 12.6. The number of nitrogens with zero attached hydrogens (tertiary/aromatic N) is 9. The Balaban J connectivity index is 0.000000239. The van der Waals surface area contributed by atoms with Gasteiger partial charge in [0, 0.05) is 92.7 Å². The van der Waals surface area contributed by atoms with Crippen molar-refractivity contribution in [1.82, 2.24) is 44.6 Å². The van der Waals surface area contributed by atoms with Crippen LogP contribution in [0.5, 0.6) is 35.3 Å². The highest BCUT2D eigenvalue weighted by atomic mass is 32.1. The van der Waals surface area contributed by atoms with E-state index in [0.29, 0.717) is 71.2 Å². The molecule has 9 heterocycles. The first-order chi connectivity index (χ1) is 35.1. The third-order valence-corrected chi connectivity index (χ3v) is 14.3. The van der Waals surface area contributed by atoms with E-state index >= 15 is 0 Å². The van der Waals surface area contributed by atoms with Gasteiger partial charge in [0.25, 0.3) is 0 Å². The molecule has 6 aromatic heterocycles. The number of hydrogen-bond acceptors (Lipinski definition) is 15. The van der Waals surface area contributed by atoms with Gasteiger partial charge in [0.2, 0.25) is 35.3 Å². The number of rotatable bonds is 18. The molecule has 0 aliphatic carbocycles. The molecular weight excluding hydrogens is 1000 g/mol. The Hall–Kier alpha value is -5.37. The summed E-state index contributed by atoms with van der Waals surface area (Å²) in [6, 6.07) is 31.0. The Morgan fingerprint density at radius 2 is 0.653 bits per heavy atom. The van der Waals surface area contributed by atoms with Gasteiger partial charge in [-0.1, -0.05) is 36.4 Å². The molecule has 6 aromatic rings. The fourth-order valence-electron chi connectivity index (χ4n) is 9.99. The summed E-state index contributed by atoms with van der Waals surface area (Å²) in [5.41, 5.74) is 7.03. The normalized spacial score (nSPS) is 18.4. The first-order valence-electron chi connectivity index (χ1n) is 25.3. The molecule has 15 nitrogen and oxygen atoms in total. The van der Waals surface area contributed by atoms with E-state index in [1.165, 1.54) is 36.0 Å². The molecule has 3 aliphatic heterocycles. The molecule has 3 fully saturated rings. The maximum absolute atomic E-state index is 5.24. The molecule has 6 atom stereocenters. The molecule has 3 aliphatic rings. The summed E-state index contributed by atoms with van der Waals surface area (Å²) in [4.78, 5) is 34.1. The van der Waals surface area contributed by atoms with Crippen molar-refractivity contribution in [3.8, 4) is 35.3 Å². The van der Waals surface area contributed by atoms with Gasteiger partial charge in [0.1, 0.15) is 0 Å². The zero-order chi connectivity index (χ0) is 50.8. The molecular formula is C57H81N9O6S3. The fourth-order valence-corrected chi connectivity index (χ4v) is 9.99. The Morgan fingerprint density at radius 3 is 0.880 bits per heavy atom. The van der Waals surface area contributed by atoms with Crippen LogP contribution in [0.1, 0.15) is 91.9 Å². The van der Waals surface area contributed by atoms with Crippen LogP contribution in [0.15, 0.2) is 110 Å². The quantitative estimate of drug-likeness (QED) is 0.0806. The Bertz CT molecular complexity index is 2280. The van der Waals surface area contributed by atoms with Crippen LogP contribution in [-0.4, -0.2) is 127 Å². The van der Waals surface area contributed by atoms with Crippen LogP contribution in [0, 0.1) is 17.8 Å². The minimum absolute atomic E-state index is 0. The van der Waals surface area contributed by atoms with Gasteiger partial charge in [-0.3, -0.25) is 14.7 Å². The third-order valence-electron chi connectivity index (χ3n) is 14.3. The molecule has 18 heteroatoms. The van der Waals surface area contributed by atoms with Gasteiger partial charge in [-0.25, -0.2) is 29.9 Å². The second kappa shape index (κ2) is 31.6. The molecule has 1 unspecified atom stereocenters. The van der Waals surface area contributed by atoms with E-state index in [1.807, 2.05) is 73.2 Å². The van der Waals surface area contributed by atoms with Crippen LogP contribution in [0.4, 0.5) is 0 Å². The van der Waals surface area contributed by atoms with E-state index in [1.54, 1.807) is 42.7 Å². The molecule has 0 radical (unpaired) electrons. The van der Waals surface area contributed by atoms with E-state index in [-0.39, 0.29) is 40.5 Å². The van der Waals surface area contributed by atoms with Gasteiger partial charge in [-0.05, 0) is 132 Å². The van der Waals surface area contributed by atoms with Crippen molar-refractivity contribution >= 4 is 40.5 Å². The highest BCUT2D eigenvalue weighted by molar-refractivity contribution is 7.59. The van der Waals surface area contributed by atoms with Crippen LogP contribution in [0.3, 0.4) is 0 Å². The van der Waals surface area contributed by atoms with E-state index in [4.69, 9.17) is 28.4 Å². The second-order valence-electron chi connectivity index (χ2n) is 19.0. The average Bonchev–Trinajstić information content (AvgIpc) is 4.24. The molecule has 3 saturated heterocycles. The second-order valence-corrected chi connectivity index (χ2v) is 19.0. The molecule has 0 amide bonds. The number of ether oxygens (including phenoxy) is 6. The maximum Gasteiger partial charge on any atom is 0.213 e. The van der Waals surface area contributed by atoms with Crippen molar-refractivity contribution in [2.45, 2.75) is 77.4 Å². The lowest BCUT2D eigenvalue weighted by Crippen LogP contribution is -2.25. The lowest BCUT2D eigenvalue weighted by Gasteiger charge is -2.24. The lowest BCUT2D eigenvalue weighted by molar-refractivity contribution is 0.246. The van der Waals surface area contributed by atoms with E-state index < -0.39 is 0 Å². The minimum atomic E-state index is 0. The zero-order valence-corrected chi connectivity index (χ0v) is 48.3. The molecule has 0 aromatic carbocycles. The standard InChI is InChI=1S/3C19H25N3O2.3H2S/c3*1-14(17-5-4-6-19(21-17)24-3)22-10-9-16(13-22)11-15-7-8-18(23-2)20-12-15;;;/h3*4-8,12,14,16H,9-11,13H2,1-3H3;3*1H2/t14?,16-;14-,16+;14-,16-;;;/m101.../s1. The summed E-state index contributed by atoms with van der Waals surface area (Å²) < 4.78 is 31.1. The van der Waals surface area contributed by atoms with Crippen LogP contribution in [0.25, 0.3) is 0 Å². The lowest BCUT2D eigenvalue weighted by atomic mass is 10.00. The molecule has 0 N–H and O–H groups in total. The van der Waals surface area contributed by atoms with E-state index in [2.05, 4.69) is 102 Å². The fraction of sp³-hybridized carbons (Fsp3) is 0.474. The van der Waals surface area contributed by atoms with Gasteiger partial charge in [-0.2, -0.15) is 40.5 Å². The van der Waals surface area contributed by atoms with E-state index in [0.717, 1.165) is 75.6 Å². The average molecular weight is 1080 g/mol. The van der Waals surface area contributed by atoms with Crippen molar-refractivity contribution in [1.29, 1.82) is 0 Å². The Labute approximate surface area is 466 Å². The highest BCUT2D eigenvalue weighted by Crippen LogP contribution is 2.32. The monoisotopic (exact) mass is 1080 g/mol. The molecule has 0 bridgehead atoms. The summed E-state index contributed by atoms with van der Waals surface area (Å²) in [7, 11) is 9.91. The van der Waals surface area contributed by atoms with Crippen LogP contribution >= 0.6 is 40.5 Å². The molecule has 0 saturated carbocycles. The molecule has 408 valence electrons. The van der Waals surface area contributed by atoms with Crippen LogP contribution in [0.2, 0.25) is 0 Å². The van der Waals surface area contributed by atoms with Gasteiger partial charge in [0.15, 0.2) is 0 Å². The molecule has 9 rings (SSSR count). The topological polar surface area (TPSA) is 142 Å². The summed E-state index contributed by atoms with van der Waals surface area (Å²) in [6.45, 7) is 13.2. The smallest absolute Gasteiger partial charge is 0.213 e. The van der Waals surface area contributed by atoms with Gasteiger partial charge in [0.05, 0.1) is 59.7 Å². The predicted octanol–water partition coefficient (Wildman–Crippen LogP) is 9.70.